The summed E-state index contributed by atoms with van der Waals surface area (Å²) in [5, 5.41) is 3.50. The number of hydrogen-bond acceptors (Lipinski definition) is 3. The molecule has 1 N–H and O–H groups in total. The third-order valence-electron chi connectivity index (χ3n) is 3.18. The molecule has 4 heteroatoms. The Labute approximate surface area is 128 Å². The number of methoxy groups -OCH3 is 1. The zero-order valence-corrected chi connectivity index (χ0v) is 13.6. The van der Waals surface area contributed by atoms with Crippen molar-refractivity contribution in [1.82, 2.24) is 10.3 Å². The summed E-state index contributed by atoms with van der Waals surface area (Å²) in [7, 11) is 1.66. The molecule has 0 aliphatic heterocycles. The summed E-state index contributed by atoms with van der Waals surface area (Å²) in [6.07, 6.45) is 3.60. The fourth-order valence-electron chi connectivity index (χ4n) is 2.18. The maximum Gasteiger partial charge on any atom is 0.137 e. The minimum absolute atomic E-state index is 0.0950. The lowest BCUT2D eigenvalue weighted by Gasteiger charge is -2.20. The highest BCUT2D eigenvalue weighted by molar-refractivity contribution is 9.10. The van der Waals surface area contributed by atoms with E-state index >= 15 is 0 Å². The fraction of sp³-hybridized carbons (Fsp3) is 0.312. The van der Waals surface area contributed by atoms with E-state index in [1.54, 1.807) is 13.3 Å². The fourth-order valence-corrected chi connectivity index (χ4v) is 2.91. The summed E-state index contributed by atoms with van der Waals surface area (Å²) in [6, 6.07) is 8.52. The molecule has 0 aliphatic rings. The Kier molecular flexibility index (Phi) is 5.15. The van der Waals surface area contributed by atoms with E-state index in [-0.39, 0.29) is 6.04 Å². The van der Waals surface area contributed by atoms with Crippen LogP contribution in [0.2, 0.25) is 0 Å². The molecule has 0 saturated heterocycles. The molecule has 2 rings (SSSR count). The minimum Gasteiger partial charge on any atom is -0.495 e. The second kappa shape index (κ2) is 6.86. The van der Waals surface area contributed by atoms with Gasteiger partial charge in [0.15, 0.2) is 0 Å². The van der Waals surface area contributed by atoms with Crippen molar-refractivity contribution >= 4 is 15.9 Å². The van der Waals surface area contributed by atoms with Crippen LogP contribution < -0.4 is 10.1 Å². The van der Waals surface area contributed by atoms with Crippen molar-refractivity contribution < 1.29 is 4.74 Å². The Morgan fingerprint density at radius 1 is 1.30 bits per heavy atom. The van der Waals surface area contributed by atoms with Crippen LogP contribution in [-0.4, -0.2) is 18.6 Å². The molecule has 0 amide bonds. The van der Waals surface area contributed by atoms with Gasteiger partial charge in [0.05, 0.1) is 19.3 Å². The van der Waals surface area contributed by atoms with Crippen LogP contribution in [0.4, 0.5) is 0 Å². The third-order valence-corrected chi connectivity index (χ3v) is 3.87. The van der Waals surface area contributed by atoms with E-state index in [1.807, 2.05) is 12.3 Å². The molecule has 1 atom stereocenters. The number of pyridine rings is 1. The Bertz CT molecular complexity index is 586. The van der Waals surface area contributed by atoms with Gasteiger partial charge in [0.25, 0.3) is 0 Å². The van der Waals surface area contributed by atoms with E-state index in [0.717, 1.165) is 22.3 Å². The van der Waals surface area contributed by atoms with Gasteiger partial charge in [-0.05, 0) is 42.3 Å². The average Bonchev–Trinajstić information content (AvgIpc) is 2.45. The molecular weight excluding hydrogens is 316 g/mol. The minimum atomic E-state index is 0.0950. The topological polar surface area (TPSA) is 34.2 Å². The summed E-state index contributed by atoms with van der Waals surface area (Å²) in [5.41, 5.74) is 3.53. The van der Waals surface area contributed by atoms with Crippen LogP contribution in [-0.2, 0) is 0 Å². The van der Waals surface area contributed by atoms with Crippen LogP contribution in [0, 0.1) is 6.92 Å². The molecule has 1 aromatic carbocycles. The number of ether oxygens (including phenoxy) is 1. The monoisotopic (exact) mass is 334 g/mol. The van der Waals surface area contributed by atoms with Crippen LogP contribution in [0.15, 0.2) is 41.1 Å². The number of nitrogens with one attached hydrogen (secondary N) is 1. The predicted molar refractivity (Wildman–Crippen MR) is 85.2 cm³/mol. The molecule has 0 fully saturated rings. The largest absolute Gasteiger partial charge is 0.495 e. The van der Waals surface area contributed by atoms with Gasteiger partial charge in [-0.25, -0.2) is 0 Å². The summed E-state index contributed by atoms with van der Waals surface area (Å²) in [6.45, 7) is 5.06. The van der Waals surface area contributed by atoms with Crippen LogP contribution >= 0.6 is 15.9 Å². The number of halogens is 1. The second-order valence-corrected chi connectivity index (χ2v) is 5.53. The van der Waals surface area contributed by atoms with Gasteiger partial charge in [0.2, 0.25) is 0 Å². The predicted octanol–water partition coefficient (Wildman–Crippen LogP) is 3.86. The van der Waals surface area contributed by atoms with E-state index in [1.165, 1.54) is 11.1 Å². The number of aryl methyl sites for hydroxylation is 1. The lowest BCUT2D eigenvalue weighted by molar-refractivity contribution is 0.411. The first-order valence-corrected chi connectivity index (χ1v) is 7.43. The maximum atomic E-state index is 5.27. The van der Waals surface area contributed by atoms with E-state index in [2.05, 4.69) is 58.3 Å². The van der Waals surface area contributed by atoms with E-state index < -0.39 is 0 Å². The highest BCUT2D eigenvalue weighted by Gasteiger charge is 2.16. The quantitative estimate of drug-likeness (QED) is 0.901. The second-order valence-electron chi connectivity index (χ2n) is 4.67. The first-order chi connectivity index (χ1) is 9.65. The Balaban J connectivity index is 2.44. The number of hydrogen-bond donors (Lipinski definition) is 1. The smallest absolute Gasteiger partial charge is 0.137 e. The number of rotatable bonds is 5. The maximum absolute atomic E-state index is 5.27. The van der Waals surface area contributed by atoms with Crippen molar-refractivity contribution in [2.75, 3.05) is 13.7 Å². The lowest BCUT2D eigenvalue weighted by Crippen LogP contribution is -2.22. The Hall–Kier alpha value is -1.39. The molecule has 1 unspecified atom stereocenters. The van der Waals surface area contributed by atoms with E-state index in [4.69, 9.17) is 4.74 Å². The molecule has 106 valence electrons. The van der Waals surface area contributed by atoms with Gasteiger partial charge in [-0.2, -0.15) is 0 Å². The SMILES string of the molecule is CCNC(c1cncc(OC)c1)c1ccc(C)cc1Br. The van der Waals surface area contributed by atoms with Gasteiger partial charge < -0.3 is 10.1 Å². The molecule has 0 radical (unpaired) electrons. The van der Waals surface area contributed by atoms with Gasteiger partial charge in [0.1, 0.15) is 5.75 Å². The molecule has 1 heterocycles. The first-order valence-electron chi connectivity index (χ1n) is 6.64. The number of aromatic nitrogens is 1. The first kappa shape index (κ1) is 15.0. The Morgan fingerprint density at radius 2 is 2.10 bits per heavy atom. The summed E-state index contributed by atoms with van der Waals surface area (Å²) in [4.78, 5) is 4.25. The van der Waals surface area contributed by atoms with Crippen LogP contribution in [0.25, 0.3) is 0 Å². The Morgan fingerprint density at radius 3 is 2.75 bits per heavy atom. The molecule has 0 bridgehead atoms. The summed E-state index contributed by atoms with van der Waals surface area (Å²) >= 11 is 3.66. The number of benzene rings is 1. The van der Waals surface area contributed by atoms with Gasteiger partial charge >= 0.3 is 0 Å². The molecule has 2 aromatic rings. The molecule has 0 saturated carbocycles. The molecule has 0 spiro atoms. The molecule has 3 nitrogen and oxygen atoms in total. The van der Waals surface area contributed by atoms with Crippen molar-refractivity contribution in [3.8, 4) is 5.75 Å². The van der Waals surface area contributed by atoms with Gasteiger partial charge in [-0.3, -0.25) is 4.98 Å². The average molecular weight is 335 g/mol. The van der Waals surface area contributed by atoms with Crippen molar-refractivity contribution in [2.45, 2.75) is 19.9 Å². The van der Waals surface area contributed by atoms with E-state index in [9.17, 15) is 0 Å². The van der Waals surface area contributed by atoms with Gasteiger partial charge in [0, 0.05) is 10.7 Å². The summed E-state index contributed by atoms with van der Waals surface area (Å²) < 4.78 is 6.37. The normalized spacial score (nSPS) is 12.2. The third kappa shape index (κ3) is 3.38. The zero-order valence-electron chi connectivity index (χ0n) is 12.0. The van der Waals surface area contributed by atoms with Crippen LogP contribution in [0.5, 0.6) is 5.75 Å². The van der Waals surface area contributed by atoms with Crippen molar-refractivity contribution in [3.05, 3.63) is 57.8 Å². The molecule has 0 aliphatic carbocycles. The number of nitrogens with zero attached hydrogens (tertiary/aromatic N) is 1. The van der Waals surface area contributed by atoms with E-state index in [0.29, 0.717) is 0 Å². The van der Waals surface area contributed by atoms with Gasteiger partial charge in [-0.15, -0.1) is 0 Å². The summed E-state index contributed by atoms with van der Waals surface area (Å²) in [5.74, 6) is 0.772. The zero-order chi connectivity index (χ0) is 14.5. The highest BCUT2D eigenvalue weighted by Crippen LogP contribution is 2.30. The van der Waals surface area contributed by atoms with Crippen molar-refractivity contribution in [1.29, 1.82) is 0 Å². The molecule has 20 heavy (non-hydrogen) atoms. The molecular formula is C16H19BrN2O. The van der Waals surface area contributed by atoms with Crippen molar-refractivity contribution in [2.24, 2.45) is 0 Å². The standard InChI is InChI=1S/C16H19BrN2O/c1-4-19-16(12-8-13(20-3)10-18-9-12)14-6-5-11(2)7-15(14)17/h5-10,16,19H,4H2,1-3H3. The van der Waals surface area contributed by atoms with Gasteiger partial charge in [-0.1, -0.05) is 35.0 Å². The van der Waals surface area contributed by atoms with Crippen molar-refractivity contribution in [3.63, 3.8) is 0 Å². The highest BCUT2D eigenvalue weighted by atomic mass is 79.9. The van der Waals surface area contributed by atoms with Crippen LogP contribution in [0.1, 0.15) is 29.7 Å². The van der Waals surface area contributed by atoms with Crippen LogP contribution in [0.3, 0.4) is 0 Å². The molecule has 1 aromatic heterocycles. The lowest BCUT2D eigenvalue weighted by atomic mass is 9.99.